The predicted molar refractivity (Wildman–Crippen MR) is 106 cm³/mol. The number of fused-ring (bicyclic) bond motifs is 1. The highest BCUT2D eigenvalue weighted by Crippen LogP contribution is 2.29. The van der Waals surface area contributed by atoms with Gasteiger partial charge in [0.1, 0.15) is 5.75 Å². The highest BCUT2D eigenvalue weighted by molar-refractivity contribution is 7.97. The minimum absolute atomic E-state index is 0.000330. The molecular formula is C20H21N3O3S. The Hall–Kier alpha value is -2.51. The first-order chi connectivity index (χ1) is 13.2. The summed E-state index contributed by atoms with van der Waals surface area (Å²) < 4.78 is 7.70. The van der Waals surface area contributed by atoms with Gasteiger partial charge in [-0.3, -0.25) is 9.59 Å². The lowest BCUT2D eigenvalue weighted by Crippen LogP contribution is -2.25. The smallest absolute Gasteiger partial charge is 0.262 e. The standard InChI is InChI=1S/C20H21N3O3S/c24-19-13-26-18-9-4-14(12-17(18)22-19)20(25)21-15-5-7-16(8-6-15)27-23-10-2-1-3-11-23/h4-9,12H,1-3,10-11,13H2,(H,21,25)(H,22,24). The van der Waals surface area contributed by atoms with Gasteiger partial charge in [-0.15, -0.1) is 0 Å². The molecule has 2 aliphatic rings. The first-order valence-corrected chi connectivity index (χ1v) is 9.86. The van der Waals surface area contributed by atoms with Crippen molar-refractivity contribution in [2.24, 2.45) is 0 Å². The van der Waals surface area contributed by atoms with Crippen LogP contribution in [0.25, 0.3) is 0 Å². The SMILES string of the molecule is O=C1COc2ccc(C(=O)Nc3ccc(SN4CCCCC4)cc3)cc2N1. The van der Waals surface area contributed by atoms with Gasteiger partial charge in [-0.1, -0.05) is 6.42 Å². The maximum atomic E-state index is 12.5. The van der Waals surface area contributed by atoms with Crippen LogP contribution < -0.4 is 15.4 Å². The number of nitrogens with one attached hydrogen (secondary N) is 2. The number of carbonyl (C=O) groups is 2. The molecule has 4 rings (SSSR count). The molecule has 0 bridgehead atoms. The van der Waals surface area contributed by atoms with E-state index < -0.39 is 0 Å². The van der Waals surface area contributed by atoms with Gasteiger partial charge in [0, 0.05) is 29.2 Å². The summed E-state index contributed by atoms with van der Waals surface area (Å²) in [4.78, 5) is 25.1. The van der Waals surface area contributed by atoms with E-state index in [1.165, 1.54) is 24.2 Å². The van der Waals surface area contributed by atoms with Crippen molar-refractivity contribution < 1.29 is 14.3 Å². The van der Waals surface area contributed by atoms with Crippen LogP contribution in [0.15, 0.2) is 47.4 Å². The van der Waals surface area contributed by atoms with Gasteiger partial charge >= 0.3 is 0 Å². The molecule has 1 saturated heterocycles. The lowest BCUT2D eigenvalue weighted by molar-refractivity contribution is -0.118. The molecule has 6 nitrogen and oxygen atoms in total. The van der Waals surface area contributed by atoms with Crippen molar-refractivity contribution in [3.63, 3.8) is 0 Å². The number of piperidine rings is 1. The molecule has 0 atom stereocenters. The second-order valence-electron chi connectivity index (χ2n) is 6.61. The van der Waals surface area contributed by atoms with Crippen molar-refractivity contribution in [3.8, 4) is 5.75 Å². The zero-order chi connectivity index (χ0) is 18.6. The van der Waals surface area contributed by atoms with Crippen molar-refractivity contribution in [1.82, 2.24) is 4.31 Å². The number of anilines is 2. The van der Waals surface area contributed by atoms with Gasteiger partial charge in [-0.2, -0.15) is 0 Å². The Kier molecular flexibility index (Phi) is 5.31. The molecule has 2 heterocycles. The van der Waals surface area contributed by atoms with Gasteiger partial charge in [0.25, 0.3) is 11.8 Å². The minimum atomic E-state index is -0.228. The zero-order valence-electron chi connectivity index (χ0n) is 14.9. The van der Waals surface area contributed by atoms with Crippen molar-refractivity contribution in [2.75, 3.05) is 30.3 Å². The van der Waals surface area contributed by atoms with Gasteiger partial charge in [0.2, 0.25) is 0 Å². The van der Waals surface area contributed by atoms with Gasteiger partial charge < -0.3 is 15.4 Å². The average molecular weight is 383 g/mol. The number of hydrogen-bond acceptors (Lipinski definition) is 5. The summed E-state index contributed by atoms with van der Waals surface area (Å²) in [6.07, 6.45) is 3.83. The third kappa shape index (κ3) is 4.43. The van der Waals surface area contributed by atoms with Crippen LogP contribution in [0, 0.1) is 0 Å². The second kappa shape index (κ2) is 8.02. The molecule has 27 heavy (non-hydrogen) atoms. The molecule has 140 valence electrons. The first kappa shape index (κ1) is 17.9. The fraction of sp³-hybridized carbons (Fsp3) is 0.300. The van der Waals surface area contributed by atoms with E-state index in [-0.39, 0.29) is 18.4 Å². The Balaban J connectivity index is 1.39. The van der Waals surface area contributed by atoms with E-state index in [0.717, 1.165) is 18.8 Å². The monoisotopic (exact) mass is 383 g/mol. The molecule has 1 fully saturated rings. The summed E-state index contributed by atoms with van der Waals surface area (Å²) in [5, 5.41) is 5.61. The highest BCUT2D eigenvalue weighted by Gasteiger charge is 2.18. The minimum Gasteiger partial charge on any atom is -0.482 e. The molecule has 2 aliphatic heterocycles. The van der Waals surface area contributed by atoms with E-state index in [2.05, 4.69) is 14.9 Å². The fourth-order valence-corrected chi connectivity index (χ4v) is 4.13. The Bertz CT molecular complexity index is 848. The molecular weight excluding hydrogens is 362 g/mol. The maximum Gasteiger partial charge on any atom is 0.262 e. The van der Waals surface area contributed by atoms with E-state index in [4.69, 9.17) is 4.74 Å². The van der Waals surface area contributed by atoms with E-state index in [0.29, 0.717) is 17.0 Å². The average Bonchev–Trinajstić information content (AvgIpc) is 2.69. The van der Waals surface area contributed by atoms with E-state index in [1.807, 2.05) is 24.3 Å². The second-order valence-corrected chi connectivity index (χ2v) is 7.78. The molecule has 0 saturated carbocycles. The summed E-state index contributed by atoms with van der Waals surface area (Å²) in [6.45, 7) is 2.25. The number of amides is 2. The molecule has 2 N–H and O–H groups in total. The molecule has 2 aromatic rings. The van der Waals surface area contributed by atoms with Crippen LogP contribution in [0.2, 0.25) is 0 Å². The largest absolute Gasteiger partial charge is 0.482 e. The quantitative estimate of drug-likeness (QED) is 0.787. The summed E-state index contributed by atoms with van der Waals surface area (Å²) in [7, 11) is 0. The molecule has 0 aromatic heterocycles. The number of benzene rings is 2. The Morgan fingerprint density at radius 1 is 1.07 bits per heavy atom. The van der Waals surface area contributed by atoms with E-state index in [9.17, 15) is 9.59 Å². The summed E-state index contributed by atoms with van der Waals surface area (Å²) in [6, 6.07) is 12.9. The van der Waals surface area contributed by atoms with Crippen molar-refractivity contribution in [3.05, 3.63) is 48.0 Å². The van der Waals surface area contributed by atoms with Crippen LogP contribution >= 0.6 is 11.9 Å². The van der Waals surface area contributed by atoms with Gasteiger partial charge in [-0.05, 0) is 67.3 Å². The van der Waals surface area contributed by atoms with E-state index in [1.54, 1.807) is 30.1 Å². The number of hydrogen-bond donors (Lipinski definition) is 2. The summed E-state index contributed by atoms with van der Waals surface area (Å²) >= 11 is 1.77. The summed E-state index contributed by atoms with van der Waals surface area (Å²) in [5.41, 5.74) is 1.72. The molecule has 0 spiro atoms. The normalized spacial score (nSPS) is 16.8. The fourth-order valence-electron chi connectivity index (χ4n) is 3.13. The third-order valence-electron chi connectivity index (χ3n) is 4.54. The van der Waals surface area contributed by atoms with Crippen molar-refractivity contribution in [1.29, 1.82) is 0 Å². The molecule has 7 heteroatoms. The first-order valence-electron chi connectivity index (χ1n) is 9.08. The lowest BCUT2D eigenvalue weighted by Gasteiger charge is -2.25. The molecule has 0 unspecified atom stereocenters. The van der Waals surface area contributed by atoms with Crippen molar-refractivity contribution in [2.45, 2.75) is 24.2 Å². The van der Waals surface area contributed by atoms with Gasteiger partial charge in [-0.25, -0.2) is 4.31 Å². The summed E-state index contributed by atoms with van der Waals surface area (Å²) in [5.74, 6) is 0.126. The Morgan fingerprint density at radius 3 is 2.63 bits per heavy atom. The topological polar surface area (TPSA) is 70.7 Å². The molecule has 0 radical (unpaired) electrons. The number of carbonyl (C=O) groups excluding carboxylic acids is 2. The Morgan fingerprint density at radius 2 is 1.85 bits per heavy atom. The van der Waals surface area contributed by atoms with Crippen LogP contribution in [0.1, 0.15) is 29.6 Å². The van der Waals surface area contributed by atoms with Gasteiger partial charge in [0.05, 0.1) is 5.69 Å². The van der Waals surface area contributed by atoms with Crippen LogP contribution in [0.3, 0.4) is 0 Å². The molecule has 2 aromatic carbocycles. The van der Waals surface area contributed by atoms with Crippen LogP contribution in [0.4, 0.5) is 11.4 Å². The third-order valence-corrected chi connectivity index (χ3v) is 5.64. The molecule has 2 amide bonds. The van der Waals surface area contributed by atoms with Crippen LogP contribution in [-0.2, 0) is 4.79 Å². The number of nitrogens with zero attached hydrogens (tertiary/aromatic N) is 1. The van der Waals surface area contributed by atoms with Gasteiger partial charge in [0.15, 0.2) is 6.61 Å². The number of rotatable bonds is 4. The molecule has 0 aliphatic carbocycles. The highest BCUT2D eigenvalue weighted by atomic mass is 32.2. The van der Waals surface area contributed by atoms with E-state index >= 15 is 0 Å². The lowest BCUT2D eigenvalue weighted by atomic mass is 10.1. The van der Waals surface area contributed by atoms with Crippen LogP contribution in [0.5, 0.6) is 5.75 Å². The Labute approximate surface area is 162 Å². The zero-order valence-corrected chi connectivity index (χ0v) is 15.7. The maximum absolute atomic E-state index is 12.5. The predicted octanol–water partition coefficient (Wildman–Crippen LogP) is 3.76. The number of ether oxygens (including phenoxy) is 1. The van der Waals surface area contributed by atoms with Crippen molar-refractivity contribution >= 4 is 35.1 Å². The van der Waals surface area contributed by atoms with Crippen LogP contribution in [-0.4, -0.2) is 35.8 Å².